The van der Waals surface area contributed by atoms with Gasteiger partial charge in [-0.3, -0.25) is 4.79 Å². The molecule has 0 spiro atoms. The van der Waals surface area contributed by atoms with Gasteiger partial charge in [0.1, 0.15) is 11.5 Å². The lowest BCUT2D eigenvalue weighted by Crippen LogP contribution is -2.16. The Kier molecular flexibility index (Phi) is 6.07. The van der Waals surface area contributed by atoms with Crippen LogP contribution in [0.2, 0.25) is 10.0 Å². The van der Waals surface area contributed by atoms with Crippen LogP contribution in [0, 0.1) is 6.92 Å². The summed E-state index contributed by atoms with van der Waals surface area (Å²) in [6, 6.07) is 13.3. The molecule has 0 aliphatic rings. The predicted octanol–water partition coefficient (Wildman–Crippen LogP) is 5.99. The van der Waals surface area contributed by atoms with E-state index in [1.165, 1.54) is 0 Å². The third kappa shape index (κ3) is 4.38. The number of rotatable bonds is 5. The summed E-state index contributed by atoms with van der Waals surface area (Å²) in [7, 11) is 0. The molecule has 0 unspecified atom stereocenters. The molecule has 1 heterocycles. The van der Waals surface area contributed by atoms with Crippen LogP contribution in [0.4, 0.5) is 5.69 Å². The van der Waals surface area contributed by atoms with Crippen LogP contribution in [0.3, 0.4) is 0 Å². The van der Waals surface area contributed by atoms with Crippen molar-refractivity contribution in [1.82, 2.24) is 0 Å². The Morgan fingerprint density at radius 2 is 1.71 bits per heavy atom. The van der Waals surface area contributed by atoms with Gasteiger partial charge < -0.3 is 14.5 Å². The maximum absolute atomic E-state index is 12.8. The van der Waals surface area contributed by atoms with Crippen LogP contribution in [0.15, 0.2) is 52.9 Å². The van der Waals surface area contributed by atoms with Crippen molar-refractivity contribution in [3.63, 3.8) is 0 Å². The number of hydrogen-bond acceptors (Lipinski definition) is 4. The minimum Gasteiger partial charge on any atom is -0.462 e. The number of esters is 1. The summed E-state index contributed by atoms with van der Waals surface area (Å²) < 4.78 is 10.7. The Labute approximate surface area is 172 Å². The lowest BCUT2D eigenvalue weighted by Gasteiger charge is -2.09. The number of carbonyl (C=O) groups is 2. The van der Waals surface area contributed by atoms with Crippen molar-refractivity contribution in [2.75, 3.05) is 11.9 Å². The smallest absolute Gasteiger partial charge is 0.340 e. The Balaban J connectivity index is 1.89. The fourth-order valence-corrected chi connectivity index (χ4v) is 3.24. The maximum atomic E-state index is 12.8. The first kappa shape index (κ1) is 20.0. The summed E-state index contributed by atoms with van der Waals surface area (Å²) in [4.78, 5) is 24.9. The van der Waals surface area contributed by atoms with Crippen molar-refractivity contribution in [3.05, 3.63) is 75.5 Å². The molecule has 0 aliphatic heterocycles. The van der Waals surface area contributed by atoms with Gasteiger partial charge in [-0.15, -0.1) is 0 Å². The van der Waals surface area contributed by atoms with Gasteiger partial charge in [0.2, 0.25) is 0 Å². The summed E-state index contributed by atoms with van der Waals surface area (Å²) in [6.45, 7) is 3.65. The van der Waals surface area contributed by atoms with Crippen molar-refractivity contribution < 1.29 is 18.7 Å². The number of carbonyl (C=O) groups excluding carboxylic acids is 2. The van der Waals surface area contributed by atoms with Crippen LogP contribution in [0.25, 0.3) is 11.3 Å². The first-order valence-corrected chi connectivity index (χ1v) is 9.29. The monoisotopic (exact) mass is 417 g/mol. The number of para-hydroxylation sites is 1. The zero-order valence-electron chi connectivity index (χ0n) is 15.2. The Hall–Kier alpha value is -2.76. The van der Waals surface area contributed by atoms with Crippen molar-refractivity contribution in [2.24, 2.45) is 0 Å². The van der Waals surface area contributed by atoms with Crippen molar-refractivity contribution in [1.29, 1.82) is 0 Å². The number of amides is 1. The lowest BCUT2D eigenvalue weighted by molar-refractivity contribution is 0.0527. The van der Waals surface area contributed by atoms with E-state index in [0.29, 0.717) is 38.4 Å². The normalized spacial score (nSPS) is 10.6. The first-order valence-electron chi connectivity index (χ1n) is 8.53. The standard InChI is InChI=1S/C21H17Cl2NO4/c1-3-27-21(26)16-6-4-5-7-18(16)24-20(25)17-11-19(28-12(17)2)13-8-14(22)10-15(23)9-13/h4-11H,3H2,1-2H3,(H,24,25). The summed E-state index contributed by atoms with van der Waals surface area (Å²) in [5, 5.41) is 3.67. The van der Waals surface area contributed by atoms with Gasteiger partial charge in [-0.1, -0.05) is 35.3 Å². The molecule has 0 fully saturated rings. The van der Waals surface area contributed by atoms with Crippen LogP contribution in [0.5, 0.6) is 0 Å². The van der Waals surface area contributed by atoms with E-state index < -0.39 is 11.9 Å². The van der Waals surface area contributed by atoms with Gasteiger partial charge in [0.05, 0.1) is 23.4 Å². The first-order chi connectivity index (χ1) is 13.4. The molecule has 2 aromatic carbocycles. The molecule has 5 nitrogen and oxygen atoms in total. The molecule has 1 aromatic heterocycles. The van der Waals surface area contributed by atoms with Gasteiger partial charge in [-0.2, -0.15) is 0 Å². The molecule has 0 radical (unpaired) electrons. The van der Waals surface area contributed by atoms with E-state index in [-0.39, 0.29) is 12.2 Å². The second kappa shape index (κ2) is 8.50. The quantitative estimate of drug-likeness (QED) is 0.517. The Morgan fingerprint density at radius 3 is 2.39 bits per heavy atom. The minimum absolute atomic E-state index is 0.244. The molecule has 0 atom stereocenters. The highest BCUT2D eigenvalue weighted by Crippen LogP contribution is 2.31. The van der Waals surface area contributed by atoms with E-state index in [2.05, 4.69) is 5.32 Å². The molecule has 28 heavy (non-hydrogen) atoms. The van der Waals surface area contributed by atoms with Crippen LogP contribution in [0.1, 0.15) is 33.4 Å². The highest BCUT2D eigenvalue weighted by atomic mass is 35.5. The van der Waals surface area contributed by atoms with Gasteiger partial charge in [-0.05, 0) is 50.2 Å². The number of benzene rings is 2. The number of anilines is 1. The van der Waals surface area contributed by atoms with E-state index >= 15 is 0 Å². The fourth-order valence-electron chi connectivity index (χ4n) is 2.71. The van der Waals surface area contributed by atoms with Gasteiger partial charge in [-0.25, -0.2) is 4.79 Å². The van der Waals surface area contributed by atoms with E-state index in [1.54, 1.807) is 62.4 Å². The van der Waals surface area contributed by atoms with Crippen LogP contribution in [-0.2, 0) is 4.74 Å². The lowest BCUT2D eigenvalue weighted by atomic mass is 10.1. The topological polar surface area (TPSA) is 68.5 Å². The molecule has 1 amide bonds. The van der Waals surface area contributed by atoms with Gasteiger partial charge in [0, 0.05) is 15.6 Å². The van der Waals surface area contributed by atoms with Crippen molar-refractivity contribution >= 4 is 40.8 Å². The van der Waals surface area contributed by atoms with Crippen LogP contribution >= 0.6 is 23.2 Å². The molecule has 0 saturated heterocycles. The molecule has 7 heteroatoms. The van der Waals surface area contributed by atoms with Crippen molar-refractivity contribution in [3.8, 4) is 11.3 Å². The molecule has 0 saturated carbocycles. The molecular weight excluding hydrogens is 401 g/mol. The summed E-state index contributed by atoms with van der Waals surface area (Å²) in [5.41, 5.74) is 1.64. The largest absolute Gasteiger partial charge is 0.462 e. The third-order valence-electron chi connectivity index (χ3n) is 3.98. The molecule has 3 rings (SSSR count). The number of aryl methyl sites for hydroxylation is 1. The predicted molar refractivity (Wildman–Crippen MR) is 109 cm³/mol. The van der Waals surface area contributed by atoms with E-state index in [0.717, 1.165) is 0 Å². The number of ether oxygens (including phenoxy) is 1. The number of furan rings is 1. The van der Waals surface area contributed by atoms with E-state index in [9.17, 15) is 9.59 Å². The third-order valence-corrected chi connectivity index (χ3v) is 4.42. The molecule has 144 valence electrons. The van der Waals surface area contributed by atoms with E-state index in [4.69, 9.17) is 32.4 Å². The molecule has 0 bridgehead atoms. The number of nitrogens with one attached hydrogen (secondary N) is 1. The molecule has 3 aromatic rings. The van der Waals surface area contributed by atoms with Gasteiger partial charge >= 0.3 is 5.97 Å². The summed E-state index contributed by atoms with van der Waals surface area (Å²) in [6.07, 6.45) is 0. The Morgan fingerprint density at radius 1 is 1.04 bits per heavy atom. The summed E-state index contributed by atoms with van der Waals surface area (Å²) in [5.74, 6) is -0.0168. The summed E-state index contributed by atoms with van der Waals surface area (Å²) >= 11 is 12.1. The van der Waals surface area contributed by atoms with Crippen LogP contribution < -0.4 is 5.32 Å². The maximum Gasteiger partial charge on any atom is 0.340 e. The van der Waals surface area contributed by atoms with Crippen molar-refractivity contribution in [2.45, 2.75) is 13.8 Å². The number of hydrogen-bond donors (Lipinski definition) is 1. The average molecular weight is 418 g/mol. The minimum atomic E-state index is -0.503. The average Bonchev–Trinajstić information content (AvgIpc) is 3.03. The van der Waals surface area contributed by atoms with E-state index in [1.807, 2.05) is 0 Å². The highest BCUT2D eigenvalue weighted by molar-refractivity contribution is 6.35. The zero-order chi connectivity index (χ0) is 20.3. The zero-order valence-corrected chi connectivity index (χ0v) is 16.7. The fraction of sp³-hybridized carbons (Fsp3) is 0.143. The molecule has 1 N–H and O–H groups in total. The molecular formula is C21H17Cl2NO4. The second-order valence-corrected chi connectivity index (χ2v) is 6.83. The van der Waals surface area contributed by atoms with Gasteiger partial charge in [0.15, 0.2) is 0 Å². The van der Waals surface area contributed by atoms with Gasteiger partial charge in [0.25, 0.3) is 5.91 Å². The molecule has 0 aliphatic carbocycles. The Bertz CT molecular complexity index is 1020. The SMILES string of the molecule is CCOC(=O)c1ccccc1NC(=O)c1cc(-c2cc(Cl)cc(Cl)c2)oc1C. The second-order valence-electron chi connectivity index (χ2n) is 5.96. The number of halogens is 2. The highest BCUT2D eigenvalue weighted by Gasteiger charge is 2.19. The van der Waals surface area contributed by atoms with Crippen LogP contribution in [-0.4, -0.2) is 18.5 Å².